The molecule has 0 N–H and O–H groups in total. The van der Waals surface area contributed by atoms with Gasteiger partial charge < -0.3 is 4.74 Å². The third-order valence-electron chi connectivity index (χ3n) is 4.73. The van der Waals surface area contributed by atoms with E-state index in [-0.39, 0.29) is 11.8 Å². The Kier molecular flexibility index (Phi) is 4.88. The van der Waals surface area contributed by atoms with Crippen molar-refractivity contribution in [3.8, 4) is 11.8 Å². The molecular formula is C22H23NO3S. The molecule has 2 heterocycles. The lowest BCUT2D eigenvalue weighted by molar-refractivity contribution is -0.123. The number of anilines is 1. The van der Waals surface area contributed by atoms with Crippen molar-refractivity contribution in [1.82, 2.24) is 0 Å². The Labute approximate surface area is 164 Å². The summed E-state index contributed by atoms with van der Waals surface area (Å²) in [6.07, 6.45) is -0.651. The molecule has 3 rings (SSSR count). The normalized spacial score (nSPS) is 19.9. The van der Waals surface area contributed by atoms with E-state index < -0.39 is 17.1 Å². The second kappa shape index (κ2) is 6.86. The largest absolute Gasteiger partial charge is 0.443 e. The van der Waals surface area contributed by atoms with Crippen LogP contribution in [0.2, 0.25) is 0 Å². The highest BCUT2D eigenvalue weighted by atomic mass is 32.1. The molecule has 0 spiro atoms. The number of thiophene rings is 1. The lowest BCUT2D eigenvalue weighted by Gasteiger charge is -2.28. The first kappa shape index (κ1) is 19.2. The first-order valence-electron chi connectivity index (χ1n) is 8.86. The molecule has 1 aliphatic heterocycles. The number of imide groups is 1. The van der Waals surface area contributed by atoms with Crippen molar-refractivity contribution >= 4 is 29.0 Å². The molecule has 2 amide bonds. The zero-order valence-corrected chi connectivity index (χ0v) is 17.0. The SMILES string of the molecule is C[C@@H](C#Cc1cccs1)[C@@]1(C)C(=O)N(C(=O)OC(C)(C)C)c2ccccc21. The average molecular weight is 381 g/mol. The molecule has 1 aromatic heterocycles. The molecular weight excluding hydrogens is 358 g/mol. The van der Waals surface area contributed by atoms with Crippen LogP contribution in [0.15, 0.2) is 41.8 Å². The van der Waals surface area contributed by atoms with E-state index in [1.165, 1.54) is 0 Å². The minimum Gasteiger partial charge on any atom is -0.443 e. The van der Waals surface area contributed by atoms with Crippen molar-refractivity contribution in [3.05, 3.63) is 52.2 Å². The summed E-state index contributed by atoms with van der Waals surface area (Å²) in [4.78, 5) is 28.2. The van der Waals surface area contributed by atoms with E-state index in [0.717, 1.165) is 15.3 Å². The van der Waals surface area contributed by atoms with Crippen LogP contribution in [-0.2, 0) is 14.9 Å². The molecule has 1 aliphatic rings. The van der Waals surface area contributed by atoms with E-state index >= 15 is 0 Å². The number of carbonyl (C=O) groups is 2. The van der Waals surface area contributed by atoms with Crippen molar-refractivity contribution in [2.75, 3.05) is 4.90 Å². The fraction of sp³-hybridized carbons (Fsp3) is 0.364. The summed E-state index contributed by atoms with van der Waals surface area (Å²) >= 11 is 1.56. The van der Waals surface area contributed by atoms with Crippen LogP contribution < -0.4 is 4.90 Å². The zero-order chi connectivity index (χ0) is 19.8. The number of benzene rings is 1. The van der Waals surface area contributed by atoms with Crippen molar-refractivity contribution < 1.29 is 14.3 Å². The van der Waals surface area contributed by atoms with Gasteiger partial charge in [-0.05, 0) is 50.8 Å². The summed E-state index contributed by atoms with van der Waals surface area (Å²) in [5.41, 5.74) is -0.231. The Balaban J connectivity index is 2.01. The number of ether oxygens (including phenoxy) is 1. The lowest BCUT2D eigenvalue weighted by atomic mass is 9.73. The summed E-state index contributed by atoms with van der Waals surface area (Å²) in [7, 11) is 0. The smallest absolute Gasteiger partial charge is 0.421 e. The Bertz CT molecular complexity index is 930. The van der Waals surface area contributed by atoms with Crippen LogP contribution in [0.4, 0.5) is 10.5 Å². The molecule has 5 heteroatoms. The van der Waals surface area contributed by atoms with Crippen molar-refractivity contribution in [2.24, 2.45) is 5.92 Å². The molecule has 0 radical (unpaired) electrons. The van der Waals surface area contributed by atoms with Gasteiger partial charge in [-0.3, -0.25) is 4.79 Å². The first-order valence-corrected chi connectivity index (χ1v) is 9.74. The summed E-state index contributed by atoms with van der Waals surface area (Å²) in [6.45, 7) is 9.13. The van der Waals surface area contributed by atoms with Crippen LogP contribution in [0.3, 0.4) is 0 Å². The maximum atomic E-state index is 13.4. The number of hydrogen-bond acceptors (Lipinski definition) is 4. The third kappa shape index (κ3) is 3.50. The first-order chi connectivity index (χ1) is 12.6. The van der Waals surface area contributed by atoms with Gasteiger partial charge in [0.2, 0.25) is 5.91 Å². The minimum atomic E-state index is -0.919. The van der Waals surface area contributed by atoms with E-state index in [0.29, 0.717) is 5.69 Å². The molecule has 27 heavy (non-hydrogen) atoms. The second-order valence-electron chi connectivity index (χ2n) is 7.81. The van der Waals surface area contributed by atoms with Crippen LogP contribution in [0.5, 0.6) is 0 Å². The number of fused-ring (bicyclic) bond motifs is 1. The van der Waals surface area contributed by atoms with E-state index in [1.807, 2.05) is 49.6 Å². The molecule has 2 atom stereocenters. The fourth-order valence-corrected chi connectivity index (χ4v) is 3.72. The fourth-order valence-electron chi connectivity index (χ4n) is 3.15. The van der Waals surface area contributed by atoms with Crippen molar-refractivity contribution in [2.45, 2.75) is 45.6 Å². The van der Waals surface area contributed by atoms with Crippen molar-refractivity contribution in [3.63, 3.8) is 0 Å². The van der Waals surface area contributed by atoms with E-state index in [4.69, 9.17) is 4.74 Å². The highest BCUT2D eigenvalue weighted by Gasteiger charge is 2.53. The summed E-state index contributed by atoms with van der Waals surface area (Å²) in [5.74, 6) is 5.77. The van der Waals surface area contributed by atoms with Gasteiger partial charge in [-0.15, -0.1) is 11.3 Å². The molecule has 140 valence electrons. The number of amides is 2. The lowest BCUT2D eigenvalue weighted by Crippen LogP contribution is -2.46. The van der Waals surface area contributed by atoms with Gasteiger partial charge >= 0.3 is 6.09 Å². The molecule has 2 aromatic rings. The van der Waals surface area contributed by atoms with Crippen LogP contribution in [0, 0.1) is 17.8 Å². The highest BCUT2D eigenvalue weighted by Crippen LogP contribution is 2.46. The molecule has 0 fully saturated rings. The van der Waals surface area contributed by atoms with Gasteiger partial charge in [0.1, 0.15) is 5.60 Å². The predicted octanol–water partition coefficient (Wildman–Crippen LogP) is 4.98. The Morgan fingerprint density at radius 3 is 2.56 bits per heavy atom. The van der Waals surface area contributed by atoms with Gasteiger partial charge in [0.25, 0.3) is 0 Å². The zero-order valence-electron chi connectivity index (χ0n) is 16.2. The third-order valence-corrected chi connectivity index (χ3v) is 5.51. The number of hydrogen-bond donors (Lipinski definition) is 0. The number of carbonyl (C=O) groups excluding carboxylic acids is 2. The molecule has 4 nitrogen and oxygen atoms in total. The number of para-hydroxylation sites is 1. The second-order valence-corrected chi connectivity index (χ2v) is 8.76. The topological polar surface area (TPSA) is 46.6 Å². The van der Waals surface area contributed by atoms with Gasteiger partial charge in [-0.2, -0.15) is 0 Å². The van der Waals surface area contributed by atoms with E-state index in [1.54, 1.807) is 38.2 Å². The van der Waals surface area contributed by atoms with Crippen LogP contribution in [0.1, 0.15) is 45.1 Å². The maximum Gasteiger partial charge on any atom is 0.421 e. The maximum absolute atomic E-state index is 13.4. The van der Waals surface area contributed by atoms with Gasteiger partial charge in [0.15, 0.2) is 0 Å². The van der Waals surface area contributed by atoms with Gasteiger partial charge in [-0.25, -0.2) is 9.69 Å². The predicted molar refractivity (Wildman–Crippen MR) is 108 cm³/mol. The monoisotopic (exact) mass is 381 g/mol. The van der Waals surface area contributed by atoms with Crippen LogP contribution in [-0.4, -0.2) is 17.6 Å². The van der Waals surface area contributed by atoms with Gasteiger partial charge in [-0.1, -0.05) is 43.0 Å². The number of nitrogens with zero attached hydrogens (tertiary/aromatic N) is 1. The summed E-state index contributed by atoms with van der Waals surface area (Å²) in [5, 5.41) is 1.97. The Hall–Kier alpha value is -2.58. The standard InChI is InChI=1S/C22H23NO3S/c1-15(12-13-16-9-8-14-27-16)22(5)17-10-6-7-11-18(17)23(19(22)24)20(25)26-21(2,3)4/h6-11,14-15H,1-5H3/t15-,22+/m0/s1. The summed E-state index contributed by atoms with van der Waals surface area (Å²) in [6, 6.07) is 11.3. The van der Waals surface area contributed by atoms with E-state index in [9.17, 15) is 9.59 Å². The minimum absolute atomic E-state index is 0.277. The van der Waals surface area contributed by atoms with Crippen LogP contribution in [0.25, 0.3) is 0 Å². The van der Waals surface area contributed by atoms with Crippen molar-refractivity contribution in [1.29, 1.82) is 0 Å². The highest BCUT2D eigenvalue weighted by molar-refractivity contribution is 7.10. The number of rotatable bonds is 1. The molecule has 1 aromatic carbocycles. The van der Waals surface area contributed by atoms with Crippen LogP contribution >= 0.6 is 11.3 Å². The van der Waals surface area contributed by atoms with Gasteiger partial charge in [0, 0.05) is 5.92 Å². The van der Waals surface area contributed by atoms with Gasteiger partial charge in [0.05, 0.1) is 16.0 Å². The Morgan fingerprint density at radius 2 is 1.93 bits per heavy atom. The molecule has 0 saturated carbocycles. The molecule has 0 bridgehead atoms. The molecule has 0 unspecified atom stereocenters. The molecule has 0 aliphatic carbocycles. The quantitative estimate of drug-likeness (QED) is 0.655. The Morgan fingerprint density at radius 1 is 1.22 bits per heavy atom. The molecule has 0 saturated heterocycles. The average Bonchev–Trinajstić information content (AvgIpc) is 3.18. The van der Waals surface area contributed by atoms with E-state index in [2.05, 4.69) is 11.8 Å². The summed E-state index contributed by atoms with van der Waals surface area (Å²) < 4.78 is 5.47.